The SMILES string of the molecule is CC(C)n1c(C(=O)NCc2nc3ccccc3n2C)cc2sccc21. The fourth-order valence-electron chi connectivity index (χ4n) is 3.28. The number of nitrogens with one attached hydrogen (secondary N) is 1. The van der Waals surface area contributed by atoms with Gasteiger partial charge in [-0.05, 0) is 43.5 Å². The molecule has 0 radical (unpaired) electrons. The number of nitrogens with zero attached hydrogens (tertiary/aromatic N) is 3. The molecule has 0 unspecified atom stereocenters. The van der Waals surface area contributed by atoms with Gasteiger partial charge in [-0.2, -0.15) is 0 Å². The number of carbonyl (C=O) groups is 1. The van der Waals surface area contributed by atoms with Crippen molar-refractivity contribution in [2.45, 2.75) is 26.4 Å². The normalized spacial score (nSPS) is 11.7. The van der Waals surface area contributed by atoms with Gasteiger partial charge in [0.25, 0.3) is 5.91 Å². The number of thiophene rings is 1. The minimum absolute atomic E-state index is 0.0656. The molecule has 1 aromatic carbocycles. The predicted molar refractivity (Wildman–Crippen MR) is 102 cm³/mol. The lowest BCUT2D eigenvalue weighted by Crippen LogP contribution is -2.27. The summed E-state index contributed by atoms with van der Waals surface area (Å²) in [5, 5.41) is 5.08. The molecule has 128 valence electrons. The Balaban J connectivity index is 1.61. The van der Waals surface area contributed by atoms with Crippen LogP contribution < -0.4 is 5.32 Å². The Kier molecular flexibility index (Phi) is 3.84. The van der Waals surface area contributed by atoms with Crippen molar-refractivity contribution in [1.82, 2.24) is 19.4 Å². The first-order valence-corrected chi connectivity index (χ1v) is 9.21. The number of para-hydroxylation sites is 2. The molecule has 4 aromatic rings. The lowest BCUT2D eigenvalue weighted by atomic mass is 10.3. The third kappa shape index (κ3) is 2.62. The lowest BCUT2D eigenvalue weighted by Gasteiger charge is -2.14. The Morgan fingerprint density at radius 1 is 1.24 bits per heavy atom. The number of hydrogen-bond donors (Lipinski definition) is 1. The highest BCUT2D eigenvalue weighted by Crippen LogP contribution is 2.28. The zero-order chi connectivity index (χ0) is 17.6. The fraction of sp³-hybridized carbons (Fsp3) is 0.263. The van der Waals surface area contributed by atoms with E-state index in [1.165, 1.54) is 0 Å². The van der Waals surface area contributed by atoms with Gasteiger partial charge in [-0.1, -0.05) is 12.1 Å². The Morgan fingerprint density at radius 2 is 2.04 bits per heavy atom. The second-order valence-corrected chi connectivity index (χ2v) is 7.37. The summed E-state index contributed by atoms with van der Waals surface area (Å²) in [4.78, 5) is 17.4. The van der Waals surface area contributed by atoms with Crippen molar-refractivity contribution < 1.29 is 4.79 Å². The van der Waals surface area contributed by atoms with Crippen molar-refractivity contribution >= 4 is 38.5 Å². The number of amides is 1. The fourth-order valence-corrected chi connectivity index (χ4v) is 4.09. The van der Waals surface area contributed by atoms with Crippen LogP contribution in [-0.2, 0) is 13.6 Å². The Morgan fingerprint density at radius 3 is 2.80 bits per heavy atom. The molecular weight excluding hydrogens is 332 g/mol. The van der Waals surface area contributed by atoms with Crippen molar-refractivity contribution in [3.8, 4) is 0 Å². The van der Waals surface area contributed by atoms with Crippen LogP contribution in [0.15, 0.2) is 41.8 Å². The number of imidazole rings is 1. The average molecular weight is 352 g/mol. The number of rotatable bonds is 4. The van der Waals surface area contributed by atoms with E-state index < -0.39 is 0 Å². The summed E-state index contributed by atoms with van der Waals surface area (Å²) in [6.07, 6.45) is 0. The van der Waals surface area contributed by atoms with E-state index >= 15 is 0 Å². The minimum Gasteiger partial charge on any atom is -0.344 e. The highest BCUT2D eigenvalue weighted by atomic mass is 32.1. The summed E-state index contributed by atoms with van der Waals surface area (Å²) < 4.78 is 5.26. The van der Waals surface area contributed by atoms with Gasteiger partial charge < -0.3 is 14.5 Å². The van der Waals surface area contributed by atoms with E-state index in [0.29, 0.717) is 12.2 Å². The van der Waals surface area contributed by atoms with Crippen LogP contribution in [0.1, 0.15) is 36.2 Å². The molecule has 0 saturated carbocycles. The molecule has 0 saturated heterocycles. The molecule has 1 N–H and O–H groups in total. The van der Waals surface area contributed by atoms with Gasteiger partial charge >= 0.3 is 0 Å². The quantitative estimate of drug-likeness (QED) is 0.601. The molecule has 6 heteroatoms. The summed E-state index contributed by atoms with van der Waals surface area (Å²) >= 11 is 1.66. The summed E-state index contributed by atoms with van der Waals surface area (Å²) in [6, 6.07) is 12.3. The first kappa shape index (κ1) is 15.9. The molecule has 0 aliphatic rings. The van der Waals surface area contributed by atoms with E-state index in [1.54, 1.807) is 11.3 Å². The summed E-state index contributed by atoms with van der Waals surface area (Å²) in [7, 11) is 1.98. The molecule has 0 bridgehead atoms. The standard InChI is InChI=1S/C19H20N4OS/c1-12(2)23-15-8-9-25-17(15)10-16(23)19(24)20-11-18-21-13-6-4-5-7-14(13)22(18)3/h4-10,12H,11H2,1-3H3,(H,20,24). The van der Waals surface area contributed by atoms with Crippen LogP contribution >= 0.6 is 11.3 Å². The molecule has 1 amide bonds. The van der Waals surface area contributed by atoms with E-state index in [0.717, 1.165) is 27.1 Å². The molecule has 25 heavy (non-hydrogen) atoms. The van der Waals surface area contributed by atoms with Crippen LogP contribution in [-0.4, -0.2) is 20.0 Å². The first-order valence-electron chi connectivity index (χ1n) is 8.33. The van der Waals surface area contributed by atoms with Crippen LogP contribution in [0.3, 0.4) is 0 Å². The Bertz CT molecular complexity index is 1070. The molecule has 0 fully saturated rings. The van der Waals surface area contributed by atoms with E-state index in [-0.39, 0.29) is 11.9 Å². The van der Waals surface area contributed by atoms with E-state index in [4.69, 9.17) is 0 Å². The minimum atomic E-state index is -0.0656. The van der Waals surface area contributed by atoms with Crippen molar-refractivity contribution in [2.24, 2.45) is 7.05 Å². The van der Waals surface area contributed by atoms with Crippen LogP contribution in [0.5, 0.6) is 0 Å². The molecule has 0 atom stereocenters. The van der Waals surface area contributed by atoms with Gasteiger partial charge in [0.15, 0.2) is 0 Å². The van der Waals surface area contributed by atoms with Crippen molar-refractivity contribution in [3.05, 3.63) is 53.3 Å². The maximum Gasteiger partial charge on any atom is 0.268 e. The highest BCUT2D eigenvalue weighted by molar-refractivity contribution is 7.17. The summed E-state index contributed by atoms with van der Waals surface area (Å²) in [5.41, 5.74) is 3.83. The predicted octanol–water partition coefficient (Wildman–Crippen LogP) is 4.10. The first-order chi connectivity index (χ1) is 12.1. The van der Waals surface area contributed by atoms with Gasteiger partial charge in [0.05, 0.1) is 27.8 Å². The second kappa shape index (κ2) is 6.04. The number of fused-ring (bicyclic) bond motifs is 2. The Labute approximate surface area is 149 Å². The number of carbonyl (C=O) groups excluding carboxylic acids is 1. The molecule has 5 nitrogen and oxygen atoms in total. The zero-order valence-electron chi connectivity index (χ0n) is 14.5. The van der Waals surface area contributed by atoms with Crippen LogP contribution in [0.25, 0.3) is 21.3 Å². The molecule has 3 heterocycles. The summed E-state index contributed by atoms with van der Waals surface area (Å²) in [5.74, 6) is 0.781. The Hall–Kier alpha value is -2.60. The third-order valence-electron chi connectivity index (χ3n) is 4.50. The van der Waals surface area contributed by atoms with Crippen LogP contribution in [0.4, 0.5) is 0 Å². The lowest BCUT2D eigenvalue weighted by molar-refractivity contribution is 0.0939. The highest BCUT2D eigenvalue weighted by Gasteiger charge is 2.18. The van der Waals surface area contributed by atoms with Crippen LogP contribution in [0.2, 0.25) is 0 Å². The monoisotopic (exact) mass is 352 g/mol. The average Bonchev–Trinajstić information content (AvgIpc) is 3.25. The van der Waals surface area contributed by atoms with E-state index in [9.17, 15) is 4.79 Å². The number of aryl methyl sites for hydroxylation is 1. The maximum atomic E-state index is 12.8. The van der Waals surface area contributed by atoms with Gasteiger partial charge in [0.1, 0.15) is 11.5 Å². The molecular formula is C19H20N4OS. The number of benzene rings is 1. The van der Waals surface area contributed by atoms with E-state index in [2.05, 4.69) is 40.2 Å². The van der Waals surface area contributed by atoms with Gasteiger partial charge in [-0.15, -0.1) is 11.3 Å². The van der Waals surface area contributed by atoms with Crippen molar-refractivity contribution in [3.63, 3.8) is 0 Å². The number of aromatic nitrogens is 3. The van der Waals surface area contributed by atoms with Gasteiger partial charge in [0, 0.05) is 13.1 Å². The van der Waals surface area contributed by atoms with Gasteiger partial charge in [0.2, 0.25) is 0 Å². The summed E-state index contributed by atoms with van der Waals surface area (Å²) in [6.45, 7) is 4.60. The van der Waals surface area contributed by atoms with Gasteiger partial charge in [-0.3, -0.25) is 4.79 Å². The van der Waals surface area contributed by atoms with Crippen molar-refractivity contribution in [1.29, 1.82) is 0 Å². The molecule has 3 aromatic heterocycles. The van der Waals surface area contributed by atoms with Crippen molar-refractivity contribution in [2.75, 3.05) is 0 Å². The largest absolute Gasteiger partial charge is 0.344 e. The third-order valence-corrected chi connectivity index (χ3v) is 5.35. The zero-order valence-corrected chi connectivity index (χ0v) is 15.3. The molecule has 0 aliphatic carbocycles. The molecule has 0 aliphatic heterocycles. The van der Waals surface area contributed by atoms with Gasteiger partial charge in [-0.25, -0.2) is 4.98 Å². The maximum absolute atomic E-state index is 12.8. The molecule has 4 rings (SSSR count). The molecule has 0 spiro atoms. The number of hydrogen-bond acceptors (Lipinski definition) is 3. The smallest absolute Gasteiger partial charge is 0.268 e. The van der Waals surface area contributed by atoms with Crippen LogP contribution in [0, 0.1) is 0 Å². The second-order valence-electron chi connectivity index (χ2n) is 6.42. The van der Waals surface area contributed by atoms with E-state index in [1.807, 2.05) is 41.9 Å². The topological polar surface area (TPSA) is 51.9 Å².